The Kier molecular flexibility index (Phi) is 2.24. The van der Waals surface area contributed by atoms with Crippen LogP contribution in [0.3, 0.4) is 0 Å². The van der Waals surface area contributed by atoms with E-state index in [1.54, 1.807) is 0 Å². The topological polar surface area (TPSA) is 66.0 Å². The second-order valence-electron chi connectivity index (χ2n) is 3.29. The average molecular weight is 208 g/mol. The Bertz CT molecular complexity index is 563. The number of halogens is 1. The SMILES string of the molecule is C[C@@H](O)c1nc2ccc(F)cc2c(=O)[nH]1. The molecule has 2 N–H and O–H groups in total. The van der Waals surface area contributed by atoms with Crippen LogP contribution in [0.15, 0.2) is 23.0 Å². The number of aromatic amines is 1. The molecular formula is C10H9FN2O2. The first-order valence-electron chi connectivity index (χ1n) is 4.45. The van der Waals surface area contributed by atoms with Gasteiger partial charge in [-0.25, -0.2) is 9.37 Å². The van der Waals surface area contributed by atoms with Gasteiger partial charge in [-0.2, -0.15) is 0 Å². The molecule has 78 valence electrons. The summed E-state index contributed by atoms with van der Waals surface area (Å²) in [5, 5.41) is 9.44. The molecule has 1 aromatic carbocycles. The van der Waals surface area contributed by atoms with Gasteiger partial charge in [0.25, 0.3) is 5.56 Å². The van der Waals surface area contributed by atoms with Crippen molar-refractivity contribution in [2.75, 3.05) is 0 Å². The van der Waals surface area contributed by atoms with E-state index in [0.29, 0.717) is 5.52 Å². The van der Waals surface area contributed by atoms with Crippen molar-refractivity contribution < 1.29 is 9.50 Å². The number of nitrogens with zero attached hydrogens (tertiary/aromatic N) is 1. The molecule has 5 heteroatoms. The van der Waals surface area contributed by atoms with Crippen molar-refractivity contribution in [1.29, 1.82) is 0 Å². The molecule has 0 unspecified atom stereocenters. The van der Waals surface area contributed by atoms with Crippen LogP contribution in [-0.2, 0) is 0 Å². The zero-order valence-electron chi connectivity index (χ0n) is 7.99. The van der Waals surface area contributed by atoms with Crippen LogP contribution in [0.4, 0.5) is 4.39 Å². The molecule has 2 rings (SSSR count). The van der Waals surface area contributed by atoms with Crippen molar-refractivity contribution >= 4 is 10.9 Å². The number of H-pyrrole nitrogens is 1. The maximum atomic E-state index is 12.8. The fourth-order valence-corrected chi connectivity index (χ4v) is 1.33. The number of hydrogen-bond acceptors (Lipinski definition) is 3. The van der Waals surface area contributed by atoms with E-state index >= 15 is 0 Å². The minimum Gasteiger partial charge on any atom is -0.385 e. The fourth-order valence-electron chi connectivity index (χ4n) is 1.33. The first-order chi connectivity index (χ1) is 7.08. The molecule has 1 atom stereocenters. The molecule has 0 bridgehead atoms. The van der Waals surface area contributed by atoms with Gasteiger partial charge in [-0.15, -0.1) is 0 Å². The van der Waals surface area contributed by atoms with E-state index in [4.69, 9.17) is 0 Å². The predicted molar refractivity (Wildman–Crippen MR) is 53.0 cm³/mol. The number of hydrogen-bond donors (Lipinski definition) is 2. The lowest BCUT2D eigenvalue weighted by molar-refractivity contribution is 0.189. The van der Waals surface area contributed by atoms with E-state index in [1.807, 2.05) is 0 Å². The Morgan fingerprint density at radius 1 is 1.53 bits per heavy atom. The second-order valence-corrected chi connectivity index (χ2v) is 3.29. The van der Waals surface area contributed by atoms with Crippen molar-refractivity contribution in [3.05, 3.63) is 40.2 Å². The third kappa shape index (κ3) is 1.73. The van der Waals surface area contributed by atoms with Crippen LogP contribution in [0.1, 0.15) is 18.9 Å². The molecule has 4 nitrogen and oxygen atoms in total. The molecule has 0 spiro atoms. The summed E-state index contributed by atoms with van der Waals surface area (Å²) < 4.78 is 12.8. The monoisotopic (exact) mass is 208 g/mol. The summed E-state index contributed by atoms with van der Waals surface area (Å²) >= 11 is 0. The van der Waals surface area contributed by atoms with Gasteiger partial charge in [0, 0.05) is 0 Å². The van der Waals surface area contributed by atoms with E-state index < -0.39 is 17.5 Å². The van der Waals surface area contributed by atoms with Crippen LogP contribution in [-0.4, -0.2) is 15.1 Å². The summed E-state index contributed by atoms with van der Waals surface area (Å²) in [6.45, 7) is 1.49. The van der Waals surface area contributed by atoms with Crippen LogP contribution in [0.5, 0.6) is 0 Å². The summed E-state index contributed by atoms with van der Waals surface area (Å²) in [5.41, 5.74) is -0.0774. The highest BCUT2D eigenvalue weighted by Crippen LogP contribution is 2.11. The molecule has 0 saturated carbocycles. The number of benzene rings is 1. The smallest absolute Gasteiger partial charge is 0.258 e. The van der Waals surface area contributed by atoms with Crippen molar-refractivity contribution in [2.24, 2.45) is 0 Å². The Balaban J connectivity index is 2.79. The van der Waals surface area contributed by atoms with Crippen LogP contribution in [0.25, 0.3) is 10.9 Å². The van der Waals surface area contributed by atoms with Gasteiger partial charge in [0.2, 0.25) is 0 Å². The van der Waals surface area contributed by atoms with Gasteiger partial charge in [-0.3, -0.25) is 4.79 Å². The highest BCUT2D eigenvalue weighted by atomic mass is 19.1. The lowest BCUT2D eigenvalue weighted by Crippen LogP contribution is -2.13. The Morgan fingerprint density at radius 3 is 2.93 bits per heavy atom. The molecule has 1 heterocycles. The van der Waals surface area contributed by atoms with Crippen molar-refractivity contribution in [3.63, 3.8) is 0 Å². The Hall–Kier alpha value is -1.75. The number of aliphatic hydroxyl groups excluding tert-OH is 1. The van der Waals surface area contributed by atoms with Crippen LogP contribution in [0, 0.1) is 5.82 Å². The Labute approximate surface area is 84.4 Å². The van der Waals surface area contributed by atoms with Crippen molar-refractivity contribution in [3.8, 4) is 0 Å². The van der Waals surface area contributed by atoms with E-state index in [9.17, 15) is 14.3 Å². The zero-order valence-corrected chi connectivity index (χ0v) is 7.99. The van der Waals surface area contributed by atoms with Crippen LogP contribution in [0.2, 0.25) is 0 Å². The molecule has 0 aliphatic rings. The largest absolute Gasteiger partial charge is 0.385 e. The quantitative estimate of drug-likeness (QED) is 0.737. The number of rotatable bonds is 1. The van der Waals surface area contributed by atoms with Crippen LogP contribution >= 0.6 is 0 Å². The van der Waals surface area contributed by atoms with Gasteiger partial charge >= 0.3 is 0 Å². The minimum absolute atomic E-state index is 0.180. The summed E-state index contributed by atoms with van der Waals surface area (Å²) in [6, 6.07) is 3.75. The molecule has 0 aliphatic carbocycles. The standard InChI is InChI=1S/C10H9FN2O2/c1-5(14)9-12-8-3-2-6(11)4-7(8)10(15)13-9/h2-5,14H,1H3,(H,12,13,15)/t5-/m1/s1. The average Bonchev–Trinajstić information content (AvgIpc) is 2.18. The summed E-state index contributed by atoms with van der Waals surface area (Å²) in [7, 11) is 0. The zero-order chi connectivity index (χ0) is 11.0. The molecule has 0 radical (unpaired) electrons. The molecule has 15 heavy (non-hydrogen) atoms. The molecule has 0 saturated heterocycles. The predicted octanol–water partition coefficient (Wildman–Crippen LogP) is 1.12. The van der Waals surface area contributed by atoms with Gasteiger partial charge in [0.05, 0.1) is 10.9 Å². The molecule has 1 aromatic heterocycles. The van der Waals surface area contributed by atoms with Gasteiger partial charge in [-0.1, -0.05) is 0 Å². The second kappa shape index (κ2) is 3.43. The summed E-state index contributed by atoms with van der Waals surface area (Å²) in [5.74, 6) is -0.307. The first-order valence-corrected chi connectivity index (χ1v) is 4.45. The van der Waals surface area contributed by atoms with E-state index in [1.165, 1.54) is 19.1 Å². The van der Waals surface area contributed by atoms with Crippen LogP contribution < -0.4 is 5.56 Å². The van der Waals surface area contributed by atoms with Crippen molar-refractivity contribution in [1.82, 2.24) is 9.97 Å². The summed E-state index contributed by atoms with van der Waals surface area (Å²) in [6.07, 6.45) is -0.854. The number of nitrogens with one attached hydrogen (secondary N) is 1. The molecule has 0 aliphatic heterocycles. The maximum absolute atomic E-state index is 12.8. The third-order valence-electron chi connectivity index (χ3n) is 2.08. The van der Waals surface area contributed by atoms with E-state index in [0.717, 1.165) is 6.07 Å². The molecule has 0 fully saturated rings. The van der Waals surface area contributed by atoms with Crippen molar-refractivity contribution in [2.45, 2.75) is 13.0 Å². The Morgan fingerprint density at radius 2 is 2.27 bits per heavy atom. The van der Waals surface area contributed by atoms with Gasteiger partial charge < -0.3 is 10.1 Å². The highest BCUT2D eigenvalue weighted by Gasteiger charge is 2.08. The van der Waals surface area contributed by atoms with Gasteiger partial charge in [0.1, 0.15) is 17.7 Å². The maximum Gasteiger partial charge on any atom is 0.258 e. The minimum atomic E-state index is -0.854. The van der Waals surface area contributed by atoms with E-state index in [-0.39, 0.29) is 11.2 Å². The van der Waals surface area contributed by atoms with E-state index in [2.05, 4.69) is 9.97 Å². The van der Waals surface area contributed by atoms with Gasteiger partial charge in [-0.05, 0) is 25.1 Å². The lowest BCUT2D eigenvalue weighted by Gasteiger charge is -2.04. The highest BCUT2D eigenvalue weighted by molar-refractivity contribution is 5.77. The lowest BCUT2D eigenvalue weighted by atomic mass is 10.2. The number of fused-ring (bicyclic) bond motifs is 1. The number of aromatic nitrogens is 2. The fraction of sp³-hybridized carbons (Fsp3) is 0.200. The number of aliphatic hydroxyl groups is 1. The molecular weight excluding hydrogens is 199 g/mol. The first kappa shape index (κ1) is 9.79. The van der Waals surface area contributed by atoms with Gasteiger partial charge in [0.15, 0.2) is 0 Å². The normalized spacial score (nSPS) is 13.0. The summed E-state index contributed by atoms with van der Waals surface area (Å²) in [4.78, 5) is 17.9. The third-order valence-corrected chi connectivity index (χ3v) is 2.08. The molecule has 0 amide bonds. The molecule has 2 aromatic rings.